The summed E-state index contributed by atoms with van der Waals surface area (Å²) in [5.41, 5.74) is 1.82. The average molecular weight is 483 g/mol. The molecule has 3 aromatic carbocycles. The van der Waals surface area contributed by atoms with Gasteiger partial charge in [-0.05, 0) is 67.9 Å². The van der Waals surface area contributed by atoms with E-state index < -0.39 is 22.5 Å². The molecule has 8 nitrogen and oxygen atoms in total. The number of amides is 1. The SMILES string of the molecule is COc1ccc(N(CC(=O)Nc2cccc(C(C)=O)c2)S(=O)(=O)c2cc(C)ccc2OC)cc1. The first-order valence-electron chi connectivity index (χ1n) is 10.4. The number of hydrogen-bond donors (Lipinski definition) is 1. The summed E-state index contributed by atoms with van der Waals surface area (Å²) in [6.45, 7) is 2.69. The number of rotatable bonds is 9. The Labute approximate surface area is 199 Å². The van der Waals surface area contributed by atoms with Crippen LogP contribution >= 0.6 is 0 Å². The van der Waals surface area contributed by atoms with E-state index >= 15 is 0 Å². The molecular formula is C25H26N2O6S. The van der Waals surface area contributed by atoms with E-state index in [-0.39, 0.29) is 22.1 Å². The van der Waals surface area contributed by atoms with Crippen molar-refractivity contribution in [2.45, 2.75) is 18.7 Å². The second-order valence-electron chi connectivity index (χ2n) is 7.55. The zero-order valence-corrected chi connectivity index (χ0v) is 20.2. The molecule has 0 aliphatic rings. The van der Waals surface area contributed by atoms with Crippen LogP contribution in [0.3, 0.4) is 0 Å². The van der Waals surface area contributed by atoms with E-state index in [1.807, 2.05) is 0 Å². The second kappa shape index (κ2) is 10.4. The van der Waals surface area contributed by atoms with Gasteiger partial charge in [0.2, 0.25) is 5.91 Å². The van der Waals surface area contributed by atoms with Crippen molar-refractivity contribution in [1.29, 1.82) is 0 Å². The van der Waals surface area contributed by atoms with Gasteiger partial charge in [-0.15, -0.1) is 0 Å². The van der Waals surface area contributed by atoms with E-state index in [9.17, 15) is 18.0 Å². The number of methoxy groups -OCH3 is 2. The molecule has 0 aliphatic heterocycles. The summed E-state index contributed by atoms with van der Waals surface area (Å²) >= 11 is 0. The molecule has 0 saturated carbocycles. The highest BCUT2D eigenvalue weighted by Gasteiger charge is 2.30. The van der Waals surface area contributed by atoms with Crippen molar-refractivity contribution in [3.63, 3.8) is 0 Å². The standard InChI is InChI=1S/C25H26N2O6S/c1-17-8-13-23(33-4)24(14-17)34(30,31)27(21-9-11-22(32-3)12-10-21)16-25(29)26-20-7-5-6-19(15-20)18(2)28/h5-15H,16H2,1-4H3,(H,26,29). The normalized spacial score (nSPS) is 10.9. The van der Waals surface area contributed by atoms with Gasteiger partial charge in [-0.3, -0.25) is 13.9 Å². The van der Waals surface area contributed by atoms with Gasteiger partial charge in [0.25, 0.3) is 10.0 Å². The first-order chi connectivity index (χ1) is 16.1. The van der Waals surface area contributed by atoms with Crippen LogP contribution in [-0.4, -0.2) is 40.9 Å². The highest BCUT2D eigenvalue weighted by molar-refractivity contribution is 7.93. The molecule has 0 aliphatic carbocycles. The minimum Gasteiger partial charge on any atom is -0.497 e. The molecule has 0 radical (unpaired) electrons. The number of anilines is 2. The molecule has 3 rings (SSSR count). The Balaban J connectivity index is 2.00. The van der Waals surface area contributed by atoms with Crippen LogP contribution in [0.25, 0.3) is 0 Å². The zero-order chi connectivity index (χ0) is 24.9. The van der Waals surface area contributed by atoms with Crippen LogP contribution in [0.5, 0.6) is 11.5 Å². The minimum absolute atomic E-state index is 0.0582. The Morgan fingerprint density at radius 1 is 0.941 bits per heavy atom. The van der Waals surface area contributed by atoms with Crippen molar-refractivity contribution >= 4 is 33.1 Å². The Morgan fingerprint density at radius 2 is 1.65 bits per heavy atom. The van der Waals surface area contributed by atoms with E-state index in [1.165, 1.54) is 33.3 Å². The number of nitrogens with one attached hydrogen (secondary N) is 1. The molecule has 1 N–H and O–H groups in total. The first-order valence-corrected chi connectivity index (χ1v) is 11.8. The van der Waals surface area contributed by atoms with Gasteiger partial charge in [0.15, 0.2) is 5.78 Å². The number of sulfonamides is 1. The van der Waals surface area contributed by atoms with Crippen LogP contribution in [0.2, 0.25) is 0 Å². The molecule has 178 valence electrons. The predicted molar refractivity (Wildman–Crippen MR) is 130 cm³/mol. The Hall–Kier alpha value is -3.85. The van der Waals surface area contributed by atoms with Gasteiger partial charge < -0.3 is 14.8 Å². The Kier molecular flexibility index (Phi) is 7.57. The number of carbonyl (C=O) groups excluding carboxylic acids is 2. The fourth-order valence-electron chi connectivity index (χ4n) is 3.31. The lowest BCUT2D eigenvalue weighted by atomic mass is 10.1. The molecule has 0 aromatic heterocycles. The molecule has 0 spiro atoms. The number of carbonyl (C=O) groups is 2. The smallest absolute Gasteiger partial charge is 0.268 e. The fourth-order valence-corrected chi connectivity index (χ4v) is 4.98. The van der Waals surface area contributed by atoms with Crippen molar-refractivity contribution in [2.75, 3.05) is 30.4 Å². The zero-order valence-electron chi connectivity index (χ0n) is 19.4. The molecule has 0 atom stereocenters. The quantitative estimate of drug-likeness (QED) is 0.462. The van der Waals surface area contributed by atoms with E-state index in [1.54, 1.807) is 61.5 Å². The molecule has 9 heteroatoms. The maximum atomic E-state index is 13.7. The summed E-state index contributed by atoms with van der Waals surface area (Å²) in [5.74, 6) is -0.0183. The second-order valence-corrected chi connectivity index (χ2v) is 9.38. The summed E-state index contributed by atoms with van der Waals surface area (Å²) in [6, 6.07) is 17.6. The van der Waals surface area contributed by atoms with E-state index in [4.69, 9.17) is 9.47 Å². The summed E-state index contributed by atoms with van der Waals surface area (Å²) in [7, 11) is -1.31. The number of nitrogens with zero attached hydrogens (tertiary/aromatic N) is 1. The molecule has 34 heavy (non-hydrogen) atoms. The molecular weight excluding hydrogens is 456 g/mol. The number of benzene rings is 3. The summed E-state index contributed by atoms with van der Waals surface area (Å²) < 4.78 is 38.9. The lowest BCUT2D eigenvalue weighted by molar-refractivity contribution is -0.114. The van der Waals surface area contributed by atoms with Gasteiger partial charge >= 0.3 is 0 Å². The van der Waals surface area contributed by atoms with Gasteiger partial charge in [0.1, 0.15) is 22.9 Å². The lowest BCUT2D eigenvalue weighted by Gasteiger charge is -2.25. The van der Waals surface area contributed by atoms with Crippen LogP contribution < -0.4 is 19.1 Å². The van der Waals surface area contributed by atoms with Crippen molar-refractivity contribution < 1.29 is 27.5 Å². The van der Waals surface area contributed by atoms with E-state index in [0.717, 1.165) is 9.87 Å². The van der Waals surface area contributed by atoms with E-state index in [2.05, 4.69) is 5.32 Å². The van der Waals surface area contributed by atoms with Crippen molar-refractivity contribution in [2.24, 2.45) is 0 Å². The lowest BCUT2D eigenvalue weighted by Crippen LogP contribution is -2.38. The number of ketones is 1. The van der Waals surface area contributed by atoms with Gasteiger partial charge in [0.05, 0.1) is 19.9 Å². The van der Waals surface area contributed by atoms with Crippen molar-refractivity contribution in [1.82, 2.24) is 0 Å². The van der Waals surface area contributed by atoms with Gasteiger partial charge in [0, 0.05) is 11.3 Å². The third-order valence-corrected chi connectivity index (χ3v) is 6.88. The number of ether oxygens (including phenoxy) is 2. The summed E-state index contributed by atoms with van der Waals surface area (Å²) in [5, 5.41) is 2.67. The molecule has 0 bridgehead atoms. The Bertz CT molecular complexity index is 1300. The largest absolute Gasteiger partial charge is 0.497 e. The average Bonchev–Trinajstić information content (AvgIpc) is 2.82. The minimum atomic E-state index is -4.20. The monoisotopic (exact) mass is 482 g/mol. The van der Waals surface area contributed by atoms with Crippen LogP contribution in [-0.2, 0) is 14.8 Å². The van der Waals surface area contributed by atoms with Gasteiger partial charge in [-0.25, -0.2) is 8.42 Å². The van der Waals surface area contributed by atoms with Gasteiger partial charge in [-0.2, -0.15) is 0 Å². The molecule has 1 amide bonds. The highest BCUT2D eigenvalue weighted by atomic mass is 32.2. The first kappa shape index (κ1) is 24.8. The van der Waals surface area contributed by atoms with Crippen LogP contribution in [0, 0.1) is 6.92 Å². The highest BCUT2D eigenvalue weighted by Crippen LogP contribution is 2.31. The van der Waals surface area contributed by atoms with Crippen LogP contribution in [0.15, 0.2) is 71.6 Å². The van der Waals surface area contributed by atoms with Crippen LogP contribution in [0.4, 0.5) is 11.4 Å². The Morgan fingerprint density at radius 3 is 2.26 bits per heavy atom. The number of hydrogen-bond acceptors (Lipinski definition) is 6. The maximum absolute atomic E-state index is 13.7. The molecule has 0 saturated heterocycles. The molecule has 0 fully saturated rings. The predicted octanol–water partition coefficient (Wildman–Crippen LogP) is 4.05. The molecule has 0 unspecified atom stereocenters. The third kappa shape index (κ3) is 5.55. The van der Waals surface area contributed by atoms with E-state index in [0.29, 0.717) is 17.0 Å². The molecule has 3 aromatic rings. The third-order valence-electron chi connectivity index (χ3n) is 5.09. The van der Waals surface area contributed by atoms with Crippen molar-refractivity contribution in [3.8, 4) is 11.5 Å². The maximum Gasteiger partial charge on any atom is 0.268 e. The number of Topliss-reactive ketones (excluding diaryl/α,β-unsaturated/α-hetero) is 1. The van der Waals surface area contributed by atoms with Crippen molar-refractivity contribution in [3.05, 3.63) is 77.9 Å². The van der Waals surface area contributed by atoms with Gasteiger partial charge in [-0.1, -0.05) is 18.2 Å². The summed E-state index contributed by atoms with van der Waals surface area (Å²) in [4.78, 5) is 24.5. The van der Waals surface area contributed by atoms with Crippen LogP contribution in [0.1, 0.15) is 22.8 Å². The summed E-state index contributed by atoms with van der Waals surface area (Å²) in [6.07, 6.45) is 0. The molecule has 0 heterocycles. The fraction of sp³-hybridized carbons (Fsp3) is 0.200. The topological polar surface area (TPSA) is 102 Å². The number of aryl methyl sites for hydroxylation is 1.